The predicted octanol–water partition coefficient (Wildman–Crippen LogP) is 0.699. The van der Waals surface area contributed by atoms with Crippen LogP contribution in [0.4, 0.5) is 0 Å². The second-order valence-electron chi connectivity index (χ2n) is 6.00. The van der Waals surface area contributed by atoms with Crippen LogP contribution in [0.1, 0.15) is 33.1 Å². The van der Waals surface area contributed by atoms with Crippen molar-refractivity contribution in [3.63, 3.8) is 0 Å². The highest BCUT2D eigenvalue weighted by Crippen LogP contribution is 2.24. The summed E-state index contributed by atoms with van der Waals surface area (Å²) in [4.78, 5) is 16.8. The fraction of sp³-hybridized carbons (Fsp3) is 0.933. The third-order valence-corrected chi connectivity index (χ3v) is 4.62. The summed E-state index contributed by atoms with van der Waals surface area (Å²) >= 11 is 0. The van der Waals surface area contributed by atoms with Crippen LogP contribution in [0, 0.1) is 0 Å². The molecule has 0 aromatic rings. The molecule has 0 spiro atoms. The Balaban J connectivity index is 1.97. The largest absolute Gasteiger partial charge is 0.379 e. The molecular weight excluding hydrogens is 254 g/mol. The average molecular weight is 283 g/mol. The number of nitrogens with zero attached hydrogens (tertiary/aromatic N) is 2. The monoisotopic (exact) mass is 283 g/mol. The summed E-state index contributed by atoms with van der Waals surface area (Å²) in [5, 5.41) is 3.33. The van der Waals surface area contributed by atoms with E-state index in [2.05, 4.69) is 22.0 Å². The number of hydrogen-bond donors (Lipinski definition) is 1. The number of nitrogens with one attached hydrogen (secondary N) is 1. The van der Waals surface area contributed by atoms with Gasteiger partial charge >= 0.3 is 0 Å². The second-order valence-corrected chi connectivity index (χ2v) is 6.00. The van der Waals surface area contributed by atoms with Crippen molar-refractivity contribution in [3.05, 3.63) is 0 Å². The lowest BCUT2D eigenvalue weighted by atomic mass is 9.86. The van der Waals surface area contributed by atoms with Gasteiger partial charge in [-0.2, -0.15) is 0 Å². The molecule has 0 aromatic carbocycles. The van der Waals surface area contributed by atoms with Crippen LogP contribution in [-0.2, 0) is 9.53 Å². The first-order valence-corrected chi connectivity index (χ1v) is 8.01. The Morgan fingerprint density at radius 2 is 1.75 bits per heavy atom. The number of piperidine rings is 1. The normalized spacial score (nSPS) is 24.5. The van der Waals surface area contributed by atoms with E-state index in [1.807, 2.05) is 6.92 Å². The molecule has 20 heavy (non-hydrogen) atoms. The molecule has 0 radical (unpaired) electrons. The molecule has 1 amide bonds. The van der Waals surface area contributed by atoms with E-state index in [1.165, 1.54) is 0 Å². The van der Waals surface area contributed by atoms with E-state index in [-0.39, 0.29) is 11.4 Å². The number of ether oxygens (including phenoxy) is 1. The number of likely N-dealkylation sites (tertiary alicyclic amines) is 1. The molecule has 2 heterocycles. The van der Waals surface area contributed by atoms with E-state index in [4.69, 9.17) is 4.74 Å². The van der Waals surface area contributed by atoms with Crippen molar-refractivity contribution in [1.29, 1.82) is 0 Å². The number of rotatable bonds is 5. The molecule has 0 atom stereocenters. The fourth-order valence-electron chi connectivity index (χ4n) is 3.19. The molecule has 0 saturated carbocycles. The lowest BCUT2D eigenvalue weighted by Crippen LogP contribution is -2.61. The Hall–Kier alpha value is -0.650. The van der Waals surface area contributed by atoms with Gasteiger partial charge < -0.3 is 15.0 Å². The molecule has 116 valence electrons. The van der Waals surface area contributed by atoms with Crippen LogP contribution >= 0.6 is 0 Å². The highest BCUT2D eigenvalue weighted by molar-refractivity contribution is 5.76. The molecule has 0 aromatic heterocycles. The summed E-state index contributed by atoms with van der Waals surface area (Å²) in [7, 11) is 0. The standard InChI is InChI=1S/C15H29N3O2/c1-3-14(19)16-15(5-7-17(4-2)8-6-15)13-18-9-11-20-12-10-18/h3-13H2,1-2H3,(H,16,19). The van der Waals surface area contributed by atoms with Gasteiger partial charge in [0.05, 0.1) is 18.8 Å². The second kappa shape index (κ2) is 7.38. The number of carbonyl (C=O) groups excluding carboxylic acids is 1. The van der Waals surface area contributed by atoms with Crippen molar-refractivity contribution in [1.82, 2.24) is 15.1 Å². The quantitative estimate of drug-likeness (QED) is 0.807. The van der Waals surface area contributed by atoms with Gasteiger partial charge in [0.15, 0.2) is 0 Å². The molecule has 0 aliphatic carbocycles. The first-order valence-electron chi connectivity index (χ1n) is 8.01. The van der Waals surface area contributed by atoms with Gasteiger partial charge in [-0.1, -0.05) is 13.8 Å². The number of morpholine rings is 1. The zero-order chi connectivity index (χ0) is 14.4. The number of carbonyl (C=O) groups is 1. The number of amides is 1. The van der Waals surface area contributed by atoms with Gasteiger partial charge in [-0.3, -0.25) is 9.69 Å². The Morgan fingerprint density at radius 1 is 1.10 bits per heavy atom. The van der Waals surface area contributed by atoms with Crippen molar-refractivity contribution in [2.45, 2.75) is 38.6 Å². The van der Waals surface area contributed by atoms with Gasteiger partial charge in [0.1, 0.15) is 0 Å². The van der Waals surface area contributed by atoms with Gasteiger partial charge in [-0.05, 0) is 19.4 Å². The molecular formula is C15H29N3O2. The zero-order valence-electron chi connectivity index (χ0n) is 13.0. The van der Waals surface area contributed by atoms with Gasteiger partial charge in [0.2, 0.25) is 5.91 Å². The Bertz CT molecular complexity index is 308. The van der Waals surface area contributed by atoms with Crippen LogP contribution in [0.2, 0.25) is 0 Å². The predicted molar refractivity (Wildman–Crippen MR) is 79.8 cm³/mol. The minimum Gasteiger partial charge on any atom is -0.379 e. The van der Waals surface area contributed by atoms with Crippen molar-refractivity contribution < 1.29 is 9.53 Å². The maximum atomic E-state index is 11.9. The van der Waals surface area contributed by atoms with Crippen LogP contribution in [0.25, 0.3) is 0 Å². The van der Waals surface area contributed by atoms with Crippen LogP contribution < -0.4 is 5.32 Å². The van der Waals surface area contributed by atoms with Gasteiger partial charge in [0.25, 0.3) is 0 Å². The average Bonchev–Trinajstić information content (AvgIpc) is 2.49. The molecule has 0 bridgehead atoms. The molecule has 2 aliphatic heterocycles. The molecule has 0 unspecified atom stereocenters. The highest BCUT2D eigenvalue weighted by atomic mass is 16.5. The van der Waals surface area contributed by atoms with E-state index < -0.39 is 0 Å². The zero-order valence-corrected chi connectivity index (χ0v) is 13.0. The summed E-state index contributed by atoms with van der Waals surface area (Å²) < 4.78 is 5.42. The van der Waals surface area contributed by atoms with Crippen LogP contribution in [0.5, 0.6) is 0 Å². The van der Waals surface area contributed by atoms with Crippen molar-refractivity contribution in [2.24, 2.45) is 0 Å². The van der Waals surface area contributed by atoms with Crippen LogP contribution in [0.15, 0.2) is 0 Å². The lowest BCUT2D eigenvalue weighted by Gasteiger charge is -2.45. The highest BCUT2D eigenvalue weighted by Gasteiger charge is 2.37. The molecule has 1 N–H and O–H groups in total. The van der Waals surface area contributed by atoms with Gasteiger partial charge in [-0.15, -0.1) is 0 Å². The molecule has 2 aliphatic rings. The van der Waals surface area contributed by atoms with E-state index in [1.54, 1.807) is 0 Å². The molecule has 2 rings (SSSR count). The number of hydrogen-bond acceptors (Lipinski definition) is 4. The van der Waals surface area contributed by atoms with Gasteiger partial charge in [0, 0.05) is 39.1 Å². The van der Waals surface area contributed by atoms with Crippen LogP contribution in [0.3, 0.4) is 0 Å². The SMILES string of the molecule is CCC(=O)NC1(CN2CCOCC2)CCN(CC)CC1. The summed E-state index contributed by atoms with van der Waals surface area (Å²) in [6.07, 6.45) is 2.69. The Morgan fingerprint density at radius 3 is 2.30 bits per heavy atom. The van der Waals surface area contributed by atoms with Crippen LogP contribution in [-0.4, -0.2) is 73.7 Å². The summed E-state index contributed by atoms with van der Waals surface area (Å²) in [6.45, 7) is 12.0. The molecule has 5 nitrogen and oxygen atoms in total. The van der Waals surface area contributed by atoms with E-state index in [9.17, 15) is 4.79 Å². The van der Waals surface area contributed by atoms with E-state index in [0.29, 0.717) is 6.42 Å². The Kier molecular flexibility index (Phi) is 5.81. The lowest BCUT2D eigenvalue weighted by molar-refractivity contribution is -0.124. The third kappa shape index (κ3) is 4.17. The smallest absolute Gasteiger partial charge is 0.220 e. The minimum atomic E-state index is -0.0316. The first-order chi connectivity index (χ1) is 9.67. The van der Waals surface area contributed by atoms with Gasteiger partial charge in [-0.25, -0.2) is 0 Å². The van der Waals surface area contributed by atoms with E-state index in [0.717, 1.165) is 65.3 Å². The molecule has 2 saturated heterocycles. The summed E-state index contributed by atoms with van der Waals surface area (Å²) in [5.41, 5.74) is -0.0316. The minimum absolute atomic E-state index is 0.0316. The van der Waals surface area contributed by atoms with Crippen molar-refractivity contribution in [3.8, 4) is 0 Å². The Labute approximate surface area is 122 Å². The van der Waals surface area contributed by atoms with Crippen molar-refractivity contribution in [2.75, 3.05) is 52.5 Å². The molecule has 2 fully saturated rings. The molecule has 5 heteroatoms. The summed E-state index contributed by atoms with van der Waals surface area (Å²) in [5.74, 6) is 0.184. The summed E-state index contributed by atoms with van der Waals surface area (Å²) in [6, 6.07) is 0. The van der Waals surface area contributed by atoms with E-state index >= 15 is 0 Å². The maximum Gasteiger partial charge on any atom is 0.220 e. The third-order valence-electron chi connectivity index (χ3n) is 4.62. The van der Waals surface area contributed by atoms with Crippen molar-refractivity contribution >= 4 is 5.91 Å². The fourth-order valence-corrected chi connectivity index (χ4v) is 3.19. The topological polar surface area (TPSA) is 44.8 Å². The first kappa shape index (κ1) is 15.7. The maximum absolute atomic E-state index is 11.9.